The van der Waals surface area contributed by atoms with Gasteiger partial charge >= 0.3 is 0 Å². The van der Waals surface area contributed by atoms with Crippen molar-refractivity contribution in [1.82, 2.24) is 5.32 Å². The fourth-order valence-corrected chi connectivity index (χ4v) is 5.47. The highest BCUT2D eigenvalue weighted by Gasteiger charge is 2.20. The summed E-state index contributed by atoms with van der Waals surface area (Å²) in [6, 6.07) is -0.761. The van der Waals surface area contributed by atoms with Crippen molar-refractivity contribution in [3.05, 3.63) is 36.5 Å². The van der Waals surface area contributed by atoms with Crippen molar-refractivity contribution in [3.8, 4) is 0 Å². The van der Waals surface area contributed by atoms with Crippen LogP contribution in [0.4, 0.5) is 0 Å². The summed E-state index contributed by atoms with van der Waals surface area (Å²) in [5.74, 6) is -0.333. The van der Waals surface area contributed by atoms with Gasteiger partial charge in [-0.2, -0.15) is 0 Å². The summed E-state index contributed by atoms with van der Waals surface area (Å²) in [6.45, 7) is 4.17. The van der Waals surface area contributed by atoms with Crippen LogP contribution in [-0.2, 0) is 4.79 Å². The summed E-state index contributed by atoms with van der Waals surface area (Å²) in [7, 11) is 0. The summed E-state index contributed by atoms with van der Waals surface area (Å²) < 4.78 is 0. The van der Waals surface area contributed by atoms with Crippen LogP contribution in [0.2, 0.25) is 0 Å². The topological polar surface area (TPSA) is 89.8 Å². The quantitative estimate of drug-likeness (QED) is 0.0435. The number of nitrogens with one attached hydrogen (secondary N) is 1. The highest BCUT2D eigenvalue weighted by molar-refractivity contribution is 5.76. The van der Waals surface area contributed by atoms with Crippen LogP contribution >= 0.6 is 0 Å². The standard InChI is InChI=1S/C39H73NO4/c1-3-5-7-9-11-13-15-17-19-20-22-24-26-28-30-32-36(42)34-39(44)40-37(35-41)38(43)33-31-29-27-25-23-21-18-16-14-12-10-8-6-4-2/h17,19,23,25,31,33,36-38,41-43H,3-16,18,20-22,24,26-30,32,34-35H2,1-2H3,(H,40,44)/b19-17-,25-23+,33-31+. The zero-order valence-corrected chi connectivity index (χ0v) is 29.0. The number of allylic oxidation sites excluding steroid dienone is 5. The van der Waals surface area contributed by atoms with Gasteiger partial charge in [-0.15, -0.1) is 0 Å². The van der Waals surface area contributed by atoms with E-state index in [-0.39, 0.29) is 18.9 Å². The molecule has 0 aliphatic carbocycles. The van der Waals surface area contributed by atoms with Gasteiger partial charge in [-0.05, 0) is 57.8 Å². The lowest BCUT2D eigenvalue weighted by molar-refractivity contribution is -0.124. The van der Waals surface area contributed by atoms with Crippen LogP contribution in [-0.4, -0.2) is 46.1 Å². The largest absolute Gasteiger partial charge is 0.394 e. The molecule has 3 atom stereocenters. The third kappa shape index (κ3) is 30.6. The molecular formula is C39H73NO4. The van der Waals surface area contributed by atoms with Gasteiger partial charge in [0, 0.05) is 0 Å². The molecule has 5 nitrogen and oxygen atoms in total. The number of aliphatic hydroxyl groups excluding tert-OH is 3. The second kappa shape index (κ2) is 34.4. The van der Waals surface area contributed by atoms with Crippen LogP contribution in [0.15, 0.2) is 36.5 Å². The smallest absolute Gasteiger partial charge is 0.222 e. The average molecular weight is 620 g/mol. The molecular weight excluding hydrogens is 546 g/mol. The van der Waals surface area contributed by atoms with Crippen molar-refractivity contribution in [1.29, 1.82) is 0 Å². The van der Waals surface area contributed by atoms with Gasteiger partial charge in [0.15, 0.2) is 0 Å². The molecule has 0 radical (unpaired) electrons. The van der Waals surface area contributed by atoms with Crippen LogP contribution in [0.1, 0.15) is 181 Å². The molecule has 0 saturated heterocycles. The van der Waals surface area contributed by atoms with E-state index in [1.807, 2.05) is 6.08 Å². The molecule has 0 fully saturated rings. The van der Waals surface area contributed by atoms with Crippen LogP contribution in [0.25, 0.3) is 0 Å². The van der Waals surface area contributed by atoms with E-state index in [0.717, 1.165) is 44.9 Å². The molecule has 1 amide bonds. The maximum atomic E-state index is 12.4. The molecule has 4 N–H and O–H groups in total. The van der Waals surface area contributed by atoms with Gasteiger partial charge < -0.3 is 20.6 Å². The Labute approximate surface area is 273 Å². The van der Waals surface area contributed by atoms with Gasteiger partial charge in [0.2, 0.25) is 5.91 Å². The molecule has 0 aromatic rings. The predicted molar refractivity (Wildman–Crippen MR) is 190 cm³/mol. The van der Waals surface area contributed by atoms with E-state index in [2.05, 4.69) is 43.5 Å². The van der Waals surface area contributed by atoms with E-state index < -0.39 is 18.2 Å². The van der Waals surface area contributed by atoms with E-state index in [4.69, 9.17) is 0 Å². The number of carbonyl (C=O) groups is 1. The van der Waals surface area contributed by atoms with Gasteiger partial charge in [-0.3, -0.25) is 4.79 Å². The van der Waals surface area contributed by atoms with Gasteiger partial charge in [0.05, 0.1) is 31.3 Å². The highest BCUT2D eigenvalue weighted by atomic mass is 16.3. The Hall–Kier alpha value is -1.43. The Morgan fingerprint density at radius 3 is 1.45 bits per heavy atom. The van der Waals surface area contributed by atoms with Crippen molar-refractivity contribution in [2.75, 3.05) is 6.61 Å². The molecule has 0 spiro atoms. The average Bonchev–Trinajstić information content (AvgIpc) is 3.01. The molecule has 0 aliphatic heterocycles. The Morgan fingerprint density at radius 2 is 0.977 bits per heavy atom. The predicted octanol–water partition coefficient (Wildman–Crippen LogP) is 10.0. The summed E-state index contributed by atoms with van der Waals surface area (Å²) in [6.07, 6.45) is 41.2. The summed E-state index contributed by atoms with van der Waals surface area (Å²) >= 11 is 0. The fourth-order valence-electron chi connectivity index (χ4n) is 5.47. The monoisotopic (exact) mass is 620 g/mol. The number of amides is 1. The first-order valence-corrected chi connectivity index (χ1v) is 18.8. The van der Waals surface area contributed by atoms with E-state index in [1.54, 1.807) is 6.08 Å². The number of carbonyl (C=O) groups excluding carboxylic acids is 1. The minimum absolute atomic E-state index is 0.0000152. The third-order valence-corrected chi connectivity index (χ3v) is 8.40. The zero-order chi connectivity index (χ0) is 32.4. The Morgan fingerprint density at radius 1 is 0.568 bits per heavy atom. The van der Waals surface area contributed by atoms with E-state index in [0.29, 0.717) is 6.42 Å². The molecule has 3 unspecified atom stereocenters. The molecule has 0 rings (SSSR count). The first-order valence-electron chi connectivity index (χ1n) is 18.8. The van der Waals surface area contributed by atoms with Crippen LogP contribution in [0.3, 0.4) is 0 Å². The minimum Gasteiger partial charge on any atom is -0.394 e. The number of rotatable bonds is 33. The normalized spacial score (nSPS) is 14.2. The SMILES string of the molecule is CCCCCCCC/C=C\CCCCCCCC(O)CC(=O)NC(CO)C(O)/C=C/CC/C=C/CCCCCCCCCC. The first kappa shape index (κ1) is 42.6. The maximum Gasteiger partial charge on any atom is 0.222 e. The van der Waals surface area contributed by atoms with Crippen molar-refractivity contribution < 1.29 is 20.1 Å². The number of unbranched alkanes of at least 4 members (excludes halogenated alkanes) is 20. The lowest BCUT2D eigenvalue weighted by Gasteiger charge is -2.20. The Balaban J connectivity index is 3.80. The Bertz CT molecular complexity index is 690. The van der Waals surface area contributed by atoms with Crippen LogP contribution in [0.5, 0.6) is 0 Å². The van der Waals surface area contributed by atoms with Gasteiger partial charge in [0.1, 0.15) is 0 Å². The molecule has 0 bridgehead atoms. The molecule has 258 valence electrons. The second-order valence-corrected chi connectivity index (χ2v) is 12.8. The third-order valence-electron chi connectivity index (χ3n) is 8.40. The van der Waals surface area contributed by atoms with E-state index in [9.17, 15) is 20.1 Å². The lowest BCUT2D eigenvalue weighted by Crippen LogP contribution is -2.45. The number of hydrogen-bond donors (Lipinski definition) is 4. The summed E-state index contributed by atoms with van der Waals surface area (Å²) in [5, 5.41) is 33.0. The van der Waals surface area contributed by atoms with Crippen LogP contribution in [0, 0.1) is 0 Å². The van der Waals surface area contributed by atoms with Crippen molar-refractivity contribution in [2.24, 2.45) is 0 Å². The molecule has 5 heteroatoms. The molecule has 0 heterocycles. The van der Waals surface area contributed by atoms with Crippen LogP contribution < -0.4 is 5.32 Å². The van der Waals surface area contributed by atoms with Crippen molar-refractivity contribution in [3.63, 3.8) is 0 Å². The van der Waals surface area contributed by atoms with E-state index >= 15 is 0 Å². The minimum atomic E-state index is -0.951. The fraction of sp³-hybridized carbons (Fsp3) is 0.821. The van der Waals surface area contributed by atoms with Gasteiger partial charge in [0.25, 0.3) is 0 Å². The first-order chi connectivity index (χ1) is 21.5. The molecule has 0 aromatic heterocycles. The summed E-state index contributed by atoms with van der Waals surface area (Å²) in [5.41, 5.74) is 0. The number of hydrogen-bond acceptors (Lipinski definition) is 4. The van der Waals surface area contributed by atoms with Gasteiger partial charge in [-0.25, -0.2) is 0 Å². The summed E-state index contributed by atoms with van der Waals surface area (Å²) in [4.78, 5) is 12.4. The Kier molecular flexibility index (Phi) is 33.3. The highest BCUT2D eigenvalue weighted by Crippen LogP contribution is 2.13. The number of aliphatic hydroxyl groups is 3. The van der Waals surface area contributed by atoms with Crippen molar-refractivity contribution in [2.45, 2.75) is 199 Å². The molecule has 0 aromatic carbocycles. The molecule has 44 heavy (non-hydrogen) atoms. The maximum absolute atomic E-state index is 12.4. The molecule has 0 aliphatic rings. The molecule has 0 saturated carbocycles. The van der Waals surface area contributed by atoms with E-state index in [1.165, 1.54) is 109 Å². The zero-order valence-electron chi connectivity index (χ0n) is 29.0. The van der Waals surface area contributed by atoms with Crippen molar-refractivity contribution >= 4 is 5.91 Å². The lowest BCUT2D eigenvalue weighted by atomic mass is 10.0. The second-order valence-electron chi connectivity index (χ2n) is 12.8. The van der Waals surface area contributed by atoms with Gasteiger partial charge in [-0.1, -0.05) is 153 Å².